The van der Waals surface area contributed by atoms with Gasteiger partial charge in [-0.1, -0.05) is 52.0 Å². The predicted molar refractivity (Wildman–Crippen MR) is 66.4 cm³/mol. The third kappa shape index (κ3) is 38.1. The van der Waals surface area contributed by atoms with E-state index in [1.807, 2.05) is 0 Å². The molecule has 0 aromatic heterocycles. The maximum atomic E-state index is 4.78. The smallest absolute Gasteiger partial charge is 0.286 e. The quantitative estimate of drug-likeness (QED) is 0.565. The third-order valence-electron chi connectivity index (χ3n) is 0.333. The molecule has 2 nitrogen and oxygen atoms in total. The Hall–Kier alpha value is 0.354. The van der Waals surface area contributed by atoms with Crippen LogP contribution >= 0.6 is 0 Å². The predicted octanol–water partition coefficient (Wildman–Crippen LogP) is 2.48. The summed E-state index contributed by atoms with van der Waals surface area (Å²) in [5.74, 6) is 0. The Balaban J connectivity index is -0.00000000457. The molecule has 1 aliphatic heterocycles. The van der Waals surface area contributed by atoms with Crippen molar-refractivity contribution in [2.24, 2.45) is 0 Å². The van der Waals surface area contributed by atoms with Crippen LogP contribution in [0.25, 0.3) is 0 Å². The van der Waals surface area contributed by atoms with Crippen molar-refractivity contribution in [3.63, 3.8) is 0 Å². The molecule has 0 spiro atoms. The molecule has 80 valence electrons. The number of hydrogen-bond donors (Lipinski definition) is 0. The van der Waals surface area contributed by atoms with Crippen LogP contribution in [0.15, 0.2) is 0 Å². The van der Waals surface area contributed by atoms with Crippen molar-refractivity contribution in [2.45, 2.75) is 52.0 Å². The van der Waals surface area contributed by atoms with Crippen LogP contribution in [-0.2, 0) is 8.23 Å². The molecule has 0 N–H and O–H groups in total. The zero-order valence-corrected chi connectivity index (χ0v) is 5.06. The largest absolute Gasteiger partial charge is 0.425 e. The highest BCUT2D eigenvalue weighted by Crippen LogP contribution is 1.78. The Morgan fingerprint density at radius 2 is 0.545 bits per heavy atom. The summed E-state index contributed by atoms with van der Waals surface area (Å²) in [6.07, 6.45) is 0. The van der Waals surface area contributed by atoms with Crippen LogP contribution in [0.5, 0.6) is 0 Å². The summed E-state index contributed by atoms with van der Waals surface area (Å²) in [6, 6.07) is 0. The zero-order valence-electron chi connectivity index (χ0n) is 2.23. The van der Waals surface area contributed by atoms with E-state index < -0.39 is 0 Å². The fourth-order valence-electron chi connectivity index (χ4n) is 0.0833. The Morgan fingerprint density at radius 3 is 0.545 bits per heavy atom. The fourth-order valence-corrected chi connectivity index (χ4v) is 0.750. The van der Waals surface area contributed by atoms with E-state index in [0.29, 0.717) is 0 Å². The van der Waals surface area contributed by atoms with E-state index in [1.165, 1.54) is 0 Å². The highest BCUT2D eigenvalue weighted by molar-refractivity contribution is 6.49. The Morgan fingerprint density at radius 1 is 0.455 bits per heavy atom. The van der Waals surface area contributed by atoms with Gasteiger partial charge in [-0.3, -0.25) is 0 Å². The minimum atomic E-state index is -0.333. The molecule has 0 aromatic rings. The first kappa shape index (κ1) is 64.2. The van der Waals surface area contributed by atoms with Crippen molar-refractivity contribution in [3.05, 3.63) is 0 Å². The van der Waals surface area contributed by atoms with Gasteiger partial charge >= 0.3 is 0 Å². The molecule has 0 radical (unpaired) electrons. The first-order chi connectivity index (χ1) is 2.00. The summed E-state index contributed by atoms with van der Waals surface area (Å²) in [7, 11) is -0.667. The van der Waals surface area contributed by atoms with E-state index in [0.717, 1.165) is 0 Å². The van der Waals surface area contributed by atoms with Gasteiger partial charge in [0.2, 0.25) is 0 Å². The van der Waals surface area contributed by atoms with Crippen molar-refractivity contribution in [1.29, 1.82) is 0 Å². The van der Waals surface area contributed by atoms with Gasteiger partial charge in [-0.05, 0) is 0 Å². The average molecular weight is 205 g/mol. The average Bonchev–Trinajstić information content (AvgIpc) is 0.722. The standard InChI is InChI=1S/7CH4.H4O2Si2/c;;;;;;;1-3-2-4-1/h7*1H4;3-4H2. The van der Waals surface area contributed by atoms with Gasteiger partial charge in [0.05, 0.1) is 0 Å². The lowest BCUT2D eigenvalue weighted by Crippen LogP contribution is -2.23. The van der Waals surface area contributed by atoms with E-state index in [-0.39, 0.29) is 72.0 Å². The number of hydrogen-bond acceptors (Lipinski definition) is 2. The first-order valence-corrected chi connectivity index (χ1v) is 3.46. The van der Waals surface area contributed by atoms with E-state index in [4.69, 9.17) is 8.23 Å². The van der Waals surface area contributed by atoms with Crippen LogP contribution in [0, 0.1) is 0 Å². The topological polar surface area (TPSA) is 18.5 Å². The van der Waals surface area contributed by atoms with Crippen LogP contribution in [0.4, 0.5) is 0 Å². The molecule has 11 heavy (non-hydrogen) atoms. The molecule has 0 aromatic carbocycles. The molecule has 0 saturated carbocycles. The molecule has 0 unspecified atom stereocenters. The van der Waals surface area contributed by atoms with Crippen molar-refractivity contribution < 1.29 is 8.23 Å². The Bertz CT molecular complexity index is 22.4. The summed E-state index contributed by atoms with van der Waals surface area (Å²) in [4.78, 5) is 0. The maximum absolute atomic E-state index is 4.78. The highest BCUT2D eigenvalue weighted by Gasteiger charge is 1.96. The maximum Gasteiger partial charge on any atom is 0.286 e. The monoisotopic (exact) mass is 204 g/mol. The molecule has 0 aliphatic carbocycles. The second-order valence-electron chi connectivity index (χ2n) is 0.644. The minimum absolute atomic E-state index is 0. The Labute approximate surface area is 80.8 Å². The minimum Gasteiger partial charge on any atom is -0.425 e. The molecule has 0 amide bonds. The van der Waals surface area contributed by atoms with Gasteiger partial charge in [-0.25, -0.2) is 0 Å². The SMILES string of the molecule is C.C.C.C.C.C.C.O1[SiH2]O[SiH2]1. The number of rotatable bonds is 0. The van der Waals surface area contributed by atoms with Crippen molar-refractivity contribution in [3.8, 4) is 0 Å². The summed E-state index contributed by atoms with van der Waals surface area (Å²) in [5, 5.41) is 0. The van der Waals surface area contributed by atoms with E-state index in [1.54, 1.807) is 0 Å². The van der Waals surface area contributed by atoms with Gasteiger partial charge in [-0.15, -0.1) is 0 Å². The van der Waals surface area contributed by atoms with Crippen molar-refractivity contribution >= 4 is 20.0 Å². The second-order valence-corrected chi connectivity index (χ2v) is 4.38. The van der Waals surface area contributed by atoms with E-state index in [2.05, 4.69) is 0 Å². The fraction of sp³-hybridized carbons (Fsp3) is 1.00. The van der Waals surface area contributed by atoms with Crippen LogP contribution in [0.2, 0.25) is 0 Å². The van der Waals surface area contributed by atoms with Crippen LogP contribution in [-0.4, -0.2) is 20.0 Å². The molecule has 1 fully saturated rings. The van der Waals surface area contributed by atoms with Gasteiger partial charge < -0.3 is 8.23 Å². The summed E-state index contributed by atoms with van der Waals surface area (Å²) in [6.45, 7) is 0. The first-order valence-electron chi connectivity index (χ1n) is 1.15. The summed E-state index contributed by atoms with van der Waals surface area (Å²) in [5.41, 5.74) is 0. The zero-order chi connectivity index (χ0) is 2.83. The van der Waals surface area contributed by atoms with Gasteiger partial charge in [0.25, 0.3) is 20.0 Å². The van der Waals surface area contributed by atoms with E-state index >= 15 is 0 Å². The second kappa shape index (κ2) is 47.8. The molecular formula is C7H32O2Si2. The molecule has 0 bridgehead atoms. The van der Waals surface area contributed by atoms with Gasteiger partial charge in [0.15, 0.2) is 0 Å². The van der Waals surface area contributed by atoms with Crippen LogP contribution in [0.3, 0.4) is 0 Å². The lowest BCUT2D eigenvalue weighted by atomic mass is 12.0. The normalized spacial score (nSPS) is 13.1. The lowest BCUT2D eigenvalue weighted by molar-refractivity contribution is 0.346. The Kier molecular flexibility index (Phi) is 279. The van der Waals surface area contributed by atoms with Crippen LogP contribution in [0.1, 0.15) is 52.0 Å². The molecule has 4 heteroatoms. The molecule has 1 saturated heterocycles. The highest BCUT2D eigenvalue weighted by atomic mass is 28.4. The summed E-state index contributed by atoms with van der Waals surface area (Å²) >= 11 is 0. The summed E-state index contributed by atoms with van der Waals surface area (Å²) < 4.78 is 9.56. The molecule has 1 rings (SSSR count). The van der Waals surface area contributed by atoms with Gasteiger partial charge in [0, 0.05) is 0 Å². The third-order valence-corrected chi connectivity index (χ3v) is 3.00. The molecule has 0 atom stereocenters. The van der Waals surface area contributed by atoms with Gasteiger partial charge in [0.1, 0.15) is 0 Å². The van der Waals surface area contributed by atoms with E-state index in [9.17, 15) is 0 Å². The van der Waals surface area contributed by atoms with Crippen LogP contribution < -0.4 is 0 Å². The van der Waals surface area contributed by atoms with Crippen molar-refractivity contribution in [1.82, 2.24) is 0 Å². The lowest BCUT2D eigenvalue weighted by Gasteiger charge is -2.10. The van der Waals surface area contributed by atoms with Gasteiger partial charge in [-0.2, -0.15) is 0 Å². The molecule has 1 aliphatic rings. The molecular weight excluding hydrogens is 172 g/mol. The molecule has 1 heterocycles. The van der Waals surface area contributed by atoms with Crippen molar-refractivity contribution in [2.75, 3.05) is 0 Å².